The summed E-state index contributed by atoms with van der Waals surface area (Å²) in [5, 5.41) is 13.8. The van der Waals surface area contributed by atoms with Crippen molar-refractivity contribution in [1.29, 1.82) is 0 Å². The van der Waals surface area contributed by atoms with Crippen molar-refractivity contribution < 1.29 is 19.4 Å². The first-order valence-electron chi connectivity index (χ1n) is 8.56. The minimum atomic E-state index is -1.13. The summed E-state index contributed by atoms with van der Waals surface area (Å²) in [5.41, 5.74) is -0.131. The molecule has 2 amide bonds. The quantitative estimate of drug-likeness (QED) is 0.638. The average molecular weight is 430 g/mol. The minimum absolute atomic E-state index is 0.00217. The van der Waals surface area contributed by atoms with Gasteiger partial charge in [0.2, 0.25) is 5.91 Å². The van der Waals surface area contributed by atoms with E-state index in [1.165, 1.54) is 10.6 Å². The number of carbonyl (C=O) groups excluding carboxylic acids is 1. The Balaban J connectivity index is 1.80. The van der Waals surface area contributed by atoms with E-state index in [-0.39, 0.29) is 30.2 Å². The second-order valence-corrected chi connectivity index (χ2v) is 7.48. The molecule has 0 radical (unpaired) electrons. The molecule has 26 heavy (non-hydrogen) atoms. The van der Waals surface area contributed by atoms with Crippen molar-refractivity contribution in [3.8, 4) is 5.75 Å². The Bertz CT molecular complexity index is 713. The zero-order valence-corrected chi connectivity index (χ0v) is 16.4. The predicted octanol–water partition coefficient (Wildman–Crippen LogP) is 1.86. The highest BCUT2D eigenvalue weighted by Gasteiger charge is 2.25. The maximum atomic E-state index is 12.1. The van der Waals surface area contributed by atoms with Crippen molar-refractivity contribution >= 4 is 27.9 Å². The third-order valence-corrected chi connectivity index (χ3v) is 5.06. The van der Waals surface area contributed by atoms with E-state index in [0.717, 1.165) is 30.2 Å². The molecule has 8 nitrogen and oxygen atoms in total. The Morgan fingerprint density at radius 3 is 2.65 bits per heavy atom. The number of hydrogen-bond donors (Lipinski definition) is 3. The molecular formula is C17H24BrN3O5. The third-order valence-electron chi connectivity index (χ3n) is 4.47. The van der Waals surface area contributed by atoms with E-state index in [1.807, 2.05) is 0 Å². The van der Waals surface area contributed by atoms with Gasteiger partial charge in [-0.05, 0) is 41.6 Å². The highest BCUT2D eigenvalue weighted by Crippen LogP contribution is 2.28. The van der Waals surface area contributed by atoms with Crippen LogP contribution in [0.25, 0.3) is 0 Å². The smallest absolute Gasteiger partial charge is 0.404 e. The molecule has 0 saturated heterocycles. The molecule has 1 fully saturated rings. The molecule has 1 saturated carbocycles. The van der Waals surface area contributed by atoms with Gasteiger partial charge in [0.15, 0.2) is 0 Å². The largest absolute Gasteiger partial charge is 0.489 e. The van der Waals surface area contributed by atoms with Crippen molar-refractivity contribution in [3.63, 3.8) is 0 Å². The van der Waals surface area contributed by atoms with Gasteiger partial charge in [-0.3, -0.25) is 9.59 Å². The molecule has 144 valence electrons. The number of pyridine rings is 1. The molecule has 2 rings (SSSR count). The van der Waals surface area contributed by atoms with Gasteiger partial charge in [0, 0.05) is 31.9 Å². The molecule has 1 aromatic rings. The van der Waals surface area contributed by atoms with Crippen LogP contribution in [-0.2, 0) is 11.8 Å². The lowest BCUT2D eigenvalue weighted by atomic mass is 9.92. The Hall–Kier alpha value is -2.03. The zero-order valence-electron chi connectivity index (χ0n) is 14.8. The van der Waals surface area contributed by atoms with E-state index in [9.17, 15) is 14.4 Å². The first-order chi connectivity index (χ1) is 12.3. The molecule has 1 atom stereocenters. The fourth-order valence-electron chi connectivity index (χ4n) is 2.85. The number of aromatic nitrogens is 1. The van der Waals surface area contributed by atoms with Crippen LogP contribution < -0.4 is 20.9 Å². The van der Waals surface area contributed by atoms with Crippen LogP contribution in [0, 0.1) is 5.92 Å². The molecule has 1 aromatic heterocycles. The molecule has 0 bridgehead atoms. The first-order valence-corrected chi connectivity index (χ1v) is 9.35. The number of carboxylic acid groups (broad SMARTS) is 1. The molecule has 0 unspecified atom stereocenters. The highest BCUT2D eigenvalue weighted by atomic mass is 79.9. The van der Waals surface area contributed by atoms with Gasteiger partial charge in [-0.1, -0.05) is 6.92 Å². The van der Waals surface area contributed by atoms with E-state index in [0.29, 0.717) is 5.75 Å². The fourth-order valence-corrected chi connectivity index (χ4v) is 3.37. The van der Waals surface area contributed by atoms with Crippen LogP contribution in [0.1, 0.15) is 32.6 Å². The van der Waals surface area contributed by atoms with Gasteiger partial charge in [-0.15, -0.1) is 0 Å². The van der Waals surface area contributed by atoms with Crippen molar-refractivity contribution in [2.24, 2.45) is 13.0 Å². The van der Waals surface area contributed by atoms with Crippen molar-refractivity contribution in [1.82, 2.24) is 15.2 Å². The standard InChI is InChI=1S/C17H24BrN3O5/c1-10(8-19-17(24)25)16(23)20-11-3-5-12(6-4-11)26-14-7-15(22)21(2)9-13(14)18/h7,9-12,19H,3-6,8H2,1-2H3,(H,20,23)(H,24,25)/t10-,11-,12-/m0/s1. The van der Waals surface area contributed by atoms with Crippen molar-refractivity contribution in [3.05, 3.63) is 27.1 Å². The summed E-state index contributed by atoms with van der Waals surface area (Å²) < 4.78 is 8.15. The average Bonchev–Trinajstić information content (AvgIpc) is 2.59. The lowest BCUT2D eigenvalue weighted by Crippen LogP contribution is -2.44. The van der Waals surface area contributed by atoms with Gasteiger partial charge in [-0.2, -0.15) is 0 Å². The molecule has 9 heteroatoms. The van der Waals surface area contributed by atoms with Crippen LogP contribution in [0.4, 0.5) is 4.79 Å². The molecule has 3 N–H and O–H groups in total. The van der Waals surface area contributed by atoms with Crippen LogP contribution in [-0.4, -0.2) is 40.4 Å². The van der Waals surface area contributed by atoms with Crippen LogP contribution >= 0.6 is 15.9 Å². The molecule has 0 spiro atoms. The first kappa shape index (κ1) is 20.3. The van der Waals surface area contributed by atoms with Gasteiger partial charge in [0.05, 0.1) is 16.5 Å². The van der Waals surface area contributed by atoms with E-state index in [4.69, 9.17) is 9.84 Å². The fraction of sp³-hybridized carbons (Fsp3) is 0.588. The number of hydrogen-bond acceptors (Lipinski definition) is 4. The van der Waals surface area contributed by atoms with Crippen molar-refractivity contribution in [2.75, 3.05) is 6.54 Å². The number of rotatable bonds is 6. The molecule has 0 aromatic carbocycles. The number of ether oxygens (including phenoxy) is 1. The van der Waals surface area contributed by atoms with E-state index >= 15 is 0 Å². The Labute approximate surface area is 160 Å². The van der Waals surface area contributed by atoms with Gasteiger partial charge in [0.25, 0.3) is 5.56 Å². The molecule has 1 aliphatic rings. The number of carbonyl (C=O) groups is 2. The second kappa shape index (κ2) is 9.07. The van der Waals surface area contributed by atoms with Gasteiger partial charge >= 0.3 is 6.09 Å². The SMILES string of the molecule is C[C@@H](CNC(=O)O)C(=O)N[C@H]1CC[C@H](Oc2cc(=O)n(C)cc2Br)CC1. The lowest BCUT2D eigenvalue weighted by Gasteiger charge is -2.30. The predicted molar refractivity (Wildman–Crippen MR) is 99.4 cm³/mol. The van der Waals surface area contributed by atoms with Gasteiger partial charge in [-0.25, -0.2) is 4.79 Å². The molecule has 1 heterocycles. The van der Waals surface area contributed by atoms with Crippen LogP contribution in [0.3, 0.4) is 0 Å². The minimum Gasteiger partial charge on any atom is -0.489 e. The summed E-state index contributed by atoms with van der Waals surface area (Å²) in [4.78, 5) is 34.3. The molecular weight excluding hydrogens is 406 g/mol. The monoisotopic (exact) mass is 429 g/mol. The Morgan fingerprint density at radius 2 is 2.04 bits per heavy atom. The topological polar surface area (TPSA) is 110 Å². The van der Waals surface area contributed by atoms with Crippen LogP contribution in [0.2, 0.25) is 0 Å². The van der Waals surface area contributed by atoms with E-state index in [1.54, 1.807) is 20.2 Å². The van der Waals surface area contributed by atoms with E-state index in [2.05, 4.69) is 26.6 Å². The summed E-state index contributed by atoms with van der Waals surface area (Å²) in [7, 11) is 1.68. The Morgan fingerprint density at radius 1 is 1.38 bits per heavy atom. The summed E-state index contributed by atoms with van der Waals surface area (Å²) in [6.07, 6.45) is 3.64. The zero-order chi connectivity index (χ0) is 19.3. The molecule has 0 aliphatic heterocycles. The summed E-state index contributed by atoms with van der Waals surface area (Å²) in [5.74, 6) is -0.0389. The summed E-state index contributed by atoms with van der Waals surface area (Å²) in [6, 6.07) is 1.52. The number of nitrogens with zero attached hydrogens (tertiary/aromatic N) is 1. The highest BCUT2D eigenvalue weighted by molar-refractivity contribution is 9.10. The maximum Gasteiger partial charge on any atom is 0.404 e. The number of halogens is 1. The number of nitrogens with one attached hydrogen (secondary N) is 2. The van der Waals surface area contributed by atoms with Gasteiger partial charge < -0.3 is 25.0 Å². The second-order valence-electron chi connectivity index (χ2n) is 6.62. The lowest BCUT2D eigenvalue weighted by molar-refractivity contribution is -0.125. The summed E-state index contributed by atoms with van der Waals surface area (Å²) >= 11 is 3.40. The van der Waals surface area contributed by atoms with Crippen LogP contribution in [0.15, 0.2) is 21.5 Å². The van der Waals surface area contributed by atoms with Crippen LogP contribution in [0.5, 0.6) is 5.75 Å². The third kappa shape index (κ3) is 5.76. The normalized spacial score (nSPS) is 20.9. The maximum absolute atomic E-state index is 12.1. The van der Waals surface area contributed by atoms with E-state index < -0.39 is 12.0 Å². The number of amides is 2. The number of aryl methyl sites for hydroxylation is 1. The van der Waals surface area contributed by atoms with Gasteiger partial charge in [0.1, 0.15) is 5.75 Å². The summed E-state index contributed by atoms with van der Waals surface area (Å²) in [6.45, 7) is 1.78. The Kier molecular flexibility index (Phi) is 7.07. The van der Waals surface area contributed by atoms with Crippen molar-refractivity contribution in [2.45, 2.75) is 44.8 Å². The molecule has 1 aliphatic carbocycles.